The molecule has 21 heavy (non-hydrogen) atoms. The summed E-state index contributed by atoms with van der Waals surface area (Å²) in [4.78, 5) is 12.1. The Morgan fingerprint density at radius 2 is 2.14 bits per heavy atom. The van der Waals surface area contributed by atoms with E-state index in [2.05, 4.69) is 25.9 Å². The van der Waals surface area contributed by atoms with Gasteiger partial charge in [0, 0.05) is 17.7 Å². The molecule has 7 nitrogen and oxygen atoms in total. The first kappa shape index (κ1) is 13.7. The highest BCUT2D eigenvalue weighted by Crippen LogP contribution is 2.24. The van der Waals surface area contributed by atoms with Crippen molar-refractivity contribution in [1.82, 2.24) is 25.9 Å². The monoisotopic (exact) mass is 287 g/mol. The van der Waals surface area contributed by atoms with Crippen LogP contribution < -0.4 is 5.32 Å². The van der Waals surface area contributed by atoms with E-state index in [1.54, 1.807) is 24.3 Å². The first-order valence-electron chi connectivity index (χ1n) is 7.02. The average molecular weight is 287 g/mol. The van der Waals surface area contributed by atoms with Crippen LogP contribution >= 0.6 is 0 Å². The number of H-pyrrole nitrogens is 1. The second-order valence-corrected chi connectivity index (χ2v) is 5.36. The molecule has 110 valence electrons. The second-order valence-electron chi connectivity index (χ2n) is 5.36. The quantitative estimate of drug-likeness (QED) is 0.770. The summed E-state index contributed by atoms with van der Waals surface area (Å²) in [5.74, 6) is 0.778. The molecule has 1 aliphatic rings. The van der Waals surface area contributed by atoms with Crippen LogP contribution in [0.1, 0.15) is 29.6 Å². The molecule has 0 radical (unpaired) electrons. The molecule has 1 aliphatic carbocycles. The predicted octanol–water partition coefficient (Wildman–Crippen LogP) is 0.757. The third kappa shape index (κ3) is 3.25. The topological polar surface area (TPSA) is 104 Å². The first-order valence-corrected chi connectivity index (χ1v) is 7.02. The minimum absolute atomic E-state index is 0.101. The Kier molecular flexibility index (Phi) is 3.92. The molecule has 1 aromatic heterocycles. The molecule has 1 aromatic carbocycles. The van der Waals surface area contributed by atoms with Crippen LogP contribution in [0.4, 0.5) is 0 Å². The molecule has 1 heterocycles. The van der Waals surface area contributed by atoms with E-state index >= 15 is 0 Å². The molecule has 0 bridgehead atoms. The molecule has 0 aliphatic heterocycles. The van der Waals surface area contributed by atoms with Crippen LogP contribution in [0.3, 0.4) is 0 Å². The van der Waals surface area contributed by atoms with Gasteiger partial charge in [0.05, 0.1) is 6.10 Å². The third-order valence-electron chi connectivity index (χ3n) is 3.82. The SMILES string of the molecule is O=C(NCC1CCC(O)C1)c1ccc(-c2nn[nH]n2)cc1. The van der Waals surface area contributed by atoms with Crippen molar-refractivity contribution in [2.75, 3.05) is 6.54 Å². The lowest BCUT2D eigenvalue weighted by Gasteiger charge is -2.11. The number of aromatic amines is 1. The lowest BCUT2D eigenvalue weighted by molar-refractivity contribution is 0.0945. The number of carbonyl (C=O) groups is 1. The number of hydrogen-bond donors (Lipinski definition) is 3. The van der Waals surface area contributed by atoms with Gasteiger partial charge in [-0.05, 0) is 42.5 Å². The Hall–Kier alpha value is -2.28. The number of nitrogens with one attached hydrogen (secondary N) is 2. The van der Waals surface area contributed by atoms with Gasteiger partial charge in [-0.1, -0.05) is 12.1 Å². The highest BCUT2D eigenvalue weighted by atomic mass is 16.3. The lowest BCUT2D eigenvalue weighted by atomic mass is 10.1. The molecule has 3 N–H and O–H groups in total. The number of carbonyl (C=O) groups excluding carboxylic acids is 1. The predicted molar refractivity (Wildman–Crippen MR) is 75.3 cm³/mol. The fourth-order valence-electron chi connectivity index (χ4n) is 2.63. The van der Waals surface area contributed by atoms with E-state index in [9.17, 15) is 9.90 Å². The fourth-order valence-corrected chi connectivity index (χ4v) is 2.63. The maximum Gasteiger partial charge on any atom is 0.251 e. The van der Waals surface area contributed by atoms with Gasteiger partial charge in [-0.15, -0.1) is 10.2 Å². The van der Waals surface area contributed by atoms with Crippen molar-refractivity contribution >= 4 is 5.91 Å². The van der Waals surface area contributed by atoms with E-state index in [-0.39, 0.29) is 12.0 Å². The van der Waals surface area contributed by atoms with Crippen molar-refractivity contribution in [3.05, 3.63) is 29.8 Å². The van der Waals surface area contributed by atoms with Crippen LogP contribution in [0.15, 0.2) is 24.3 Å². The van der Waals surface area contributed by atoms with E-state index in [0.717, 1.165) is 24.8 Å². The van der Waals surface area contributed by atoms with Crippen molar-refractivity contribution < 1.29 is 9.90 Å². The number of benzene rings is 1. The molecule has 1 saturated carbocycles. The maximum absolute atomic E-state index is 12.1. The van der Waals surface area contributed by atoms with Crippen LogP contribution in [0.5, 0.6) is 0 Å². The molecular weight excluding hydrogens is 270 g/mol. The number of aliphatic hydroxyl groups excluding tert-OH is 1. The molecule has 1 fully saturated rings. The van der Waals surface area contributed by atoms with Crippen molar-refractivity contribution in [1.29, 1.82) is 0 Å². The number of nitrogens with zero attached hydrogens (tertiary/aromatic N) is 3. The Morgan fingerprint density at radius 1 is 1.33 bits per heavy atom. The third-order valence-corrected chi connectivity index (χ3v) is 3.82. The van der Waals surface area contributed by atoms with Crippen LogP contribution in [0, 0.1) is 5.92 Å². The Balaban J connectivity index is 1.57. The number of hydrogen-bond acceptors (Lipinski definition) is 5. The summed E-state index contributed by atoms with van der Waals surface area (Å²) in [5.41, 5.74) is 1.40. The molecule has 0 spiro atoms. The van der Waals surface area contributed by atoms with Crippen molar-refractivity contribution in [3.63, 3.8) is 0 Å². The zero-order chi connectivity index (χ0) is 14.7. The summed E-state index contributed by atoms with van der Waals surface area (Å²) in [5, 5.41) is 26.0. The number of aromatic nitrogens is 4. The molecule has 0 saturated heterocycles. The van der Waals surface area contributed by atoms with Gasteiger partial charge in [-0.3, -0.25) is 4.79 Å². The lowest BCUT2D eigenvalue weighted by Crippen LogP contribution is -2.28. The summed E-state index contributed by atoms with van der Waals surface area (Å²) >= 11 is 0. The maximum atomic E-state index is 12.1. The van der Waals surface area contributed by atoms with Gasteiger partial charge in [0.15, 0.2) is 0 Å². The normalized spacial score (nSPS) is 21.4. The van der Waals surface area contributed by atoms with Gasteiger partial charge in [0.2, 0.25) is 5.82 Å². The highest BCUT2D eigenvalue weighted by molar-refractivity contribution is 5.94. The average Bonchev–Trinajstić information content (AvgIpc) is 3.16. The van der Waals surface area contributed by atoms with E-state index in [4.69, 9.17) is 0 Å². The Bertz CT molecular complexity index is 596. The molecule has 1 amide bonds. The molecule has 3 rings (SSSR count). The molecule has 2 aromatic rings. The van der Waals surface area contributed by atoms with Crippen LogP contribution in [0.2, 0.25) is 0 Å². The largest absolute Gasteiger partial charge is 0.393 e. The van der Waals surface area contributed by atoms with Gasteiger partial charge in [-0.25, -0.2) is 0 Å². The van der Waals surface area contributed by atoms with E-state index < -0.39 is 0 Å². The Labute approximate surface area is 121 Å². The molecule has 2 unspecified atom stereocenters. The zero-order valence-electron chi connectivity index (χ0n) is 11.5. The summed E-state index contributed by atoms with van der Waals surface area (Å²) in [6.07, 6.45) is 2.37. The molecule has 2 atom stereocenters. The van der Waals surface area contributed by atoms with Crippen LogP contribution in [-0.2, 0) is 0 Å². The number of rotatable bonds is 4. The number of aliphatic hydroxyl groups is 1. The van der Waals surface area contributed by atoms with Gasteiger partial charge < -0.3 is 10.4 Å². The smallest absolute Gasteiger partial charge is 0.251 e. The fraction of sp³-hybridized carbons (Fsp3) is 0.429. The minimum Gasteiger partial charge on any atom is -0.393 e. The van der Waals surface area contributed by atoms with Crippen LogP contribution in [0.25, 0.3) is 11.4 Å². The summed E-state index contributed by atoms with van der Waals surface area (Å²) in [6.45, 7) is 0.614. The number of amides is 1. The van der Waals surface area contributed by atoms with Crippen LogP contribution in [-0.4, -0.2) is 44.3 Å². The number of tetrazole rings is 1. The van der Waals surface area contributed by atoms with E-state index in [0.29, 0.717) is 23.9 Å². The first-order chi connectivity index (χ1) is 10.2. The Morgan fingerprint density at radius 3 is 2.76 bits per heavy atom. The second kappa shape index (κ2) is 6.01. The molecular formula is C14H17N5O2. The van der Waals surface area contributed by atoms with Crippen molar-refractivity contribution in [3.8, 4) is 11.4 Å². The highest BCUT2D eigenvalue weighted by Gasteiger charge is 2.23. The summed E-state index contributed by atoms with van der Waals surface area (Å²) in [7, 11) is 0. The standard InChI is InChI=1S/C14H17N5O2/c20-12-6-1-9(7-12)8-15-14(21)11-4-2-10(3-5-11)13-16-18-19-17-13/h2-5,9,12,20H,1,6-8H2,(H,15,21)(H,16,17,18,19). The van der Waals surface area contributed by atoms with Crippen molar-refractivity contribution in [2.45, 2.75) is 25.4 Å². The summed E-state index contributed by atoms with van der Waals surface area (Å²) < 4.78 is 0. The van der Waals surface area contributed by atoms with E-state index in [1.807, 2.05) is 0 Å². The van der Waals surface area contributed by atoms with E-state index in [1.165, 1.54) is 0 Å². The van der Waals surface area contributed by atoms with Gasteiger partial charge in [0.25, 0.3) is 5.91 Å². The zero-order valence-corrected chi connectivity index (χ0v) is 11.5. The van der Waals surface area contributed by atoms with Gasteiger partial charge in [-0.2, -0.15) is 5.21 Å². The van der Waals surface area contributed by atoms with Crippen molar-refractivity contribution in [2.24, 2.45) is 5.92 Å². The van der Waals surface area contributed by atoms with Gasteiger partial charge in [0.1, 0.15) is 0 Å². The van der Waals surface area contributed by atoms with Gasteiger partial charge >= 0.3 is 0 Å². The molecule has 7 heteroatoms. The summed E-state index contributed by atoms with van der Waals surface area (Å²) in [6, 6.07) is 7.06. The minimum atomic E-state index is -0.207.